The molecule has 1 saturated heterocycles. The van der Waals surface area contributed by atoms with Crippen LogP contribution in [0.1, 0.15) is 6.42 Å². The first kappa shape index (κ1) is 11.2. The molecule has 14 heavy (non-hydrogen) atoms. The minimum Gasteiger partial charge on any atom is -0.344 e. The van der Waals surface area contributed by atoms with Crippen molar-refractivity contribution in [1.82, 2.24) is 10.6 Å². The zero-order valence-electron chi connectivity index (χ0n) is 7.25. The maximum atomic E-state index is 13.4. The molecule has 0 aromatic rings. The molecule has 1 atom stereocenters. The van der Waals surface area contributed by atoms with Crippen molar-refractivity contribution in [3.05, 3.63) is 0 Å². The van der Waals surface area contributed by atoms with E-state index in [1.807, 2.05) is 0 Å². The number of halogens is 4. The van der Waals surface area contributed by atoms with Crippen LogP contribution in [-0.4, -0.2) is 37.4 Å². The Balaban J connectivity index is 2.42. The van der Waals surface area contributed by atoms with E-state index in [4.69, 9.17) is 0 Å². The molecule has 0 spiro atoms. The lowest BCUT2D eigenvalue weighted by Crippen LogP contribution is -2.47. The smallest absolute Gasteiger partial charge is 0.344 e. The Morgan fingerprint density at radius 3 is 2.57 bits per heavy atom. The van der Waals surface area contributed by atoms with Crippen LogP contribution in [0.2, 0.25) is 0 Å². The summed E-state index contributed by atoms with van der Waals surface area (Å²) in [5.41, 5.74) is -2.19. The highest BCUT2D eigenvalue weighted by Crippen LogP contribution is 2.20. The van der Waals surface area contributed by atoms with Gasteiger partial charge in [0, 0.05) is 13.0 Å². The Morgan fingerprint density at radius 1 is 1.50 bits per heavy atom. The Labute approximate surface area is 77.8 Å². The van der Waals surface area contributed by atoms with Crippen molar-refractivity contribution in [3.63, 3.8) is 0 Å². The average molecular weight is 214 g/mol. The number of carbonyl (C=O) groups excluding carboxylic acids is 1. The van der Waals surface area contributed by atoms with Crippen LogP contribution in [-0.2, 0) is 4.79 Å². The molecule has 0 aromatic heterocycles. The SMILES string of the molecule is O=C(NCC(F)(F)F)[C@]1(F)CCNC1. The molecule has 0 aromatic carbocycles. The molecule has 1 aliphatic rings. The number of hydrogen-bond donors (Lipinski definition) is 2. The van der Waals surface area contributed by atoms with Gasteiger partial charge in [-0.1, -0.05) is 0 Å². The summed E-state index contributed by atoms with van der Waals surface area (Å²) in [6.45, 7) is -1.41. The molecule has 1 heterocycles. The number of hydrogen-bond acceptors (Lipinski definition) is 2. The molecular formula is C7H10F4N2O. The number of alkyl halides is 4. The maximum Gasteiger partial charge on any atom is 0.405 e. The van der Waals surface area contributed by atoms with E-state index in [2.05, 4.69) is 5.32 Å². The fourth-order valence-electron chi connectivity index (χ4n) is 1.19. The minimum atomic E-state index is -4.50. The summed E-state index contributed by atoms with van der Waals surface area (Å²) >= 11 is 0. The average Bonchev–Trinajstić information content (AvgIpc) is 2.48. The van der Waals surface area contributed by atoms with Gasteiger partial charge in [-0.25, -0.2) is 4.39 Å². The van der Waals surface area contributed by atoms with E-state index in [1.165, 1.54) is 5.32 Å². The van der Waals surface area contributed by atoms with Crippen molar-refractivity contribution < 1.29 is 22.4 Å². The van der Waals surface area contributed by atoms with Crippen LogP contribution in [0.25, 0.3) is 0 Å². The van der Waals surface area contributed by atoms with Crippen LogP contribution in [0, 0.1) is 0 Å². The number of amides is 1. The van der Waals surface area contributed by atoms with E-state index in [0.29, 0.717) is 6.54 Å². The predicted octanol–water partition coefficient (Wildman–Crippen LogP) is 0.366. The molecule has 1 fully saturated rings. The summed E-state index contributed by atoms with van der Waals surface area (Å²) < 4.78 is 48.5. The van der Waals surface area contributed by atoms with Crippen molar-refractivity contribution in [3.8, 4) is 0 Å². The van der Waals surface area contributed by atoms with Gasteiger partial charge in [-0.2, -0.15) is 13.2 Å². The van der Waals surface area contributed by atoms with Crippen LogP contribution >= 0.6 is 0 Å². The molecule has 0 bridgehead atoms. The number of nitrogens with one attached hydrogen (secondary N) is 2. The highest BCUT2D eigenvalue weighted by Gasteiger charge is 2.42. The van der Waals surface area contributed by atoms with Gasteiger partial charge in [-0.3, -0.25) is 4.79 Å². The number of carbonyl (C=O) groups is 1. The molecule has 0 radical (unpaired) electrons. The molecule has 1 rings (SSSR count). The molecule has 1 aliphatic heterocycles. The molecule has 3 nitrogen and oxygen atoms in total. The first-order chi connectivity index (χ1) is 6.33. The van der Waals surface area contributed by atoms with E-state index in [-0.39, 0.29) is 13.0 Å². The van der Waals surface area contributed by atoms with Crippen molar-refractivity contribution in [2.45, 2.75) is 18.3 Å². The summed E-state index contributed by atoms with van der Waals surface area (Å²) in [5.74, 6) is -1.19. The van der Waals surface area contributed by atoms with Crippen molar-refractivity contribution >= 4 is 5.91 Å². The van der Waals surface area contributed by atoms with E-state index < -0.39 is 24.3 Å². The third-order valence-electron chi connectivity index (χ3n) is 1.96. The second-order valence-corrected chi connectivity index (χ2v) is 3.19. The monoisotopic (exact) mass is 214 g/mol. The normalized spacial score (nSPS) is 27.7. The quantitative estimate of drug-likeness (QED) is 0.652. The van der Waals surface area contributed by atoms with Crippen LogP contribution in [0.15, 0.2) is 0 Å². The van der Waals surface area contributed by atoms with Gasteiger partial charge >= 0.3 is 6.18 Å². The highest BCUT2D eigenvalue weighted by atomic mass is 19.4. The zero-order valence-corrected chi connectivity index (χ0v) is 7.25. The van der Waals surface area contributed by atoms with E-state index in [1.54, 1.807) is 0 Å². The lowest BCUT2D eigenvalue weighted by Gasteiger charge is -2.17. The third-order valence-corrected chi connectivity index (χ3v) is 1.96. The van der Waals surface area contributed by atoms with Crippen molar-refractivity contribution in [1.29, 1.82) is 0 Å². The van der Waals surface area contributed by atoms with Crippen LogP contribution in [0.4, 0.5) is 17.6 Å². The Hall–Kier alpha value is -0.850. The topological polar surface area (TPSA) is 41.1 Å². The zero-order chi connectivity index (χ0) is 10.8. The fraction of sp³-hybridized carbons (Fsp3) is 0.857. The Morgan fingerprint density at radius 2 is 2.14 bits per heavy atom. The van der Waals surface area contributed by atoms with Gasteiger partial charge in [-0.15, -0.1) is 0 Å². The van der Waals surface area contributed by atoms with Crippen molar-refractivity contribution in [2.24, 2.45) is 0 Å². The maximum absolute atomic E-state index is 13.4. The largest absolute Gasteiger partial charge is 0.405 e. The fourth-order valence-corrected chi connectivity index (χ4v) is 1.19. The second-order valence-electron chi connectivity index (χ2n) is 3.19. The molecule has 0 unspecified atom stereocenters. The molecule has 2 N–H and O–H groups in total. The lowest BCUT2D eigenvalue weighted by atomic mass is 10.1. The van der Waals surface area contributed by atoms with E-state index >= 15 is 0 Å². The molecule has 0 saturated carbocycles. The summed E-state index contributed by atoms with van der Waals surface area (Å²) in [7, 11) is 0. The van der Waals surface area contributed by atoms with Crippen LogP contribution in [0.3, 0.4) is 0 Å². The lowest BCUT2D eigenvalue weighted by molar-refractivity contribution is -0.145. The van der Waals surface area contributed by atoms with Gasteiger partial charge in [0.2, 0.25) is 5.67 Å². The van der Waals surface area contributed by atoms with Crippen molar-refractivity contribution in [2.75, 3.05) is 19.6 Å². The Bertz CT molecular complexity index is 222. The highest BCUT2D eigenvalue weighted by molar-refractivity contribution is 5.85. The van der Waals surface area contributed by atoms with Gasteiger partial charge in [0.1, 0.15) is 6.54 Å². The first-order valence-electron chi connectivity index (χ1n) is 4.08. The standard InChI is InChI=1S/C7H10F4N2O/c8-6(1-2-12-3-6)5(14)13-4-7(9,10)11/h12H,1-4H2,(H,13,14)/t6-/m0/s1. The van der Waals surface area contributed by atoms with Crippen LogP contribution < -0.4 is 10.6 Å². The number of rotatable bonds is 2. The third kappa shape index (κ3) is 2.83. The van der Waals surface area contributed by atoms with E-state index in [0.717, 1.165) is 0 Å². The summed E-state index contributed by atoms with van der Waals surface area (Å²) in [4.78, 5) is 11.0. The Kier molecular flexibility index (Phi) is 2.98. The van der Waals surface area contributed by atoms with Crippen LogP contribution in [0.5, 0.6) is 0 Å². The van der Waals surface area contributed by atoms with Gasteiger partial charge in [0.05, 0.1) is 0 Å². The molecule has 0 aliphatic carbocycles. The van der Waals surface area contributed by atoms with Gasteiger partial charge in [-0.05, 0) is 6.54 Å². The molecule has 1 amide bonds. The first-order valence-corrected chi connectivity index (χ1v) is 4.08. The summed E-state index contributed by atoms with van der Waals surface area (Å²) in [6, 6.07) is 0. The second kappa shape index (κ2) is 3.72. The predicted molar refractivity (Wildman–Crippen MR) is 40.4 cm³/mol. The molecule has 82 valence electrons. The van der Waals surface area contributed by atoms with E-state index in [9.17, 15) is 22.4 Å². The molecule has 7 heteroatoms. The van der Waals surface area contributed by atoms with Gasteiger partial charge in [0.15, 0.2) is 0 Å². The summed E-state index contributed by atoms with van der Waals surface area (Å²) in [6.07, 6.45) is -4.59. The molecular weight excluding hydrogens is 204 g/mol. The van der Waals surface area contributed by atoms with Gasteiger partial charge < -0.3 is 10.6 Å². The van der Waals surface area contributed by atoms with Gasteiger partial charge in [0.25, 0.3) is 5.91 Å². The minimum absolute atomic E-state index is 0.0866. The summed E-state index contributed by atoms with van der Waals surface area (Å²) in [5, 5.41) is 4.10.